The molecule has 1 aliphatic heterocycles. The summed E-state index contributed by atoms with van der Waals surface area (Å²) in [4.78, 5) is 13.0. The predicted octanol–water partition coefficient (Wildman–Crippen LogP) is 4.05. The summed E-state index contributed by atoms with van der Waals surface area (Å²) in [6, 6.07) is 9.75. The highest BCUT2D eigenvalue weighted by atomic mass is 19.1. The van der Waals surface area contributed by atoms with Gasteiger partial charge in [-0.2, -0.15) is 0 Å². The monoisotopic (exact) mass is 357 g/mol. The number of carboxylic acids is 1. The number of nitrogens with zero attached hydrogens (tertiary/aromatic N) is 1. The van der Waals surface area contributed by atoms with Crippen LogP contribution in [0.3, 0.4) is 0 Å². The molecule has 0 unspecified atom stereocenters. The molecular weight excluding hydrogens is 336 g/mol. The van der Waals surface area contributed by atoms with Crippen molar-refractivity contribution in [2.24, 2.45) is 0 Å². The van der Waals surface area contributed by atoms with Gasteiger partial charge in [0.05, 0.1) is 0 Å². The Morgan fingerprint density at radius 3 is 2.77 bits per heavy atom. The molecule has 5 heteroatoms. The SMILES string of the molecule is O=C(O)CCc1ccc2c(c1)CCN(C/C=C/c1ccc(F)cc1F)C2. The van der Waals surface area contributed by atoms with E-state index in [2.05, 4.69) is 17.0 Å². The maximum atomic E-state index is 13.6. The second kappa shape index (κ2) is 8.23. The molecule has 26 heavy (non-hydrogen) atoms. The maximum Gasteiger partial charge on any atom is 0.303 e. The number of carbonyl (C=O) groups is 1. The number of hydrogen-bond donors (Lipinski definition) is 1. The maximum absolute atomic E-state index is 13.6. The van der Waals surface area contributed by atoms with E-state index in [9.17, 15) is 13.6 Å². The van der Waals surface area contributed by atoms with Gasteiger partial charge in [0, 0.05) is 37.7 Å². The van der Waals surface area contributed by atoms with Gasteiger partial charge in [-0.25, -0.2) is 8.78 Å². The Bertz CT molecular complexity index is 833. The first-order chi connectivity index (χ1) is 12.5. The molecular formula is C21H21F2NO2. The minimum absolute atomic E-state index is 0.148. The van der Waals surface area contributed by atoms with Crippen LogP contribution in [0.4, 0.5) is 8.78 Å². The highest BCUT2D eigenvalue weighted by Gasteiger charge is 2.15. The molecule has 2 aromatic rings. The number of rotatable bonds is 6. The molecule has 3 nitrogen and oxygen atoms in total. The quantitative estimate of drug-likeness (QED) is 0.848. The number of carboxylic acid groups (broad SMARTS) is 1. The number of aliphatic carboxylic acids is 1. The fourth-order valence-corrected chi connectivity index (χ4v) is 3.19. The fourth-order valence-electron chi connectivity index (χ4n) is 3.19. The van der Waals surface area contributed by atoms with Crippen molar-refractivity contribution >= 4 is 12.0 Å². The Labute approximate surface area is 151 Å². The summed E-state index contributed by atoms with van der Waals surface area (Å²) in [7, 11) is 0. The van der Waals surface area contributed by atoms with E-state index >= 15 is 0 Å². The van der Waals surface area contributed by atoms with Gasteiger partial charge in [0.15, 0.2) is 0 Å². The third-order valence-corrected chi connectivity index (χ3v) is 4.61. The molecule has 2 aromatic carbocycles. The molecule has 136 valence electrons. The lowest BCUT2D eigenvalue weighted by Crippen LogP contribution is -2.30. The zero-order valence-electron chi connectivity index (χ0n) is 14.4. The van der Waals surface area contributed by atoms with Crippen molar-refractivity contribution in [3.63, 3.8) is 0 Å². The average Bonchev–Trinajstić information content (AvgIpc) is 2.61. The van der Waals surface area contributed by atoms with Gasteiger partial charge in [-0.15, -0.1) is 0 Å². The van der Waals surface area contributed by atoms with Crippen molar-refractivity contribution in [2.75, 3.05) is 13.1 Å². The van der Waals surface area contributed by atoms with Crippen molar-refractivity contribution in [1.82, 2.24) is 4.90 Å². The predicted molar refractivity (Wildman–Crippen MR) is 96.8 cm³/mol. The van der Waals surface area contributed by atoms with Gasteiger partial charge in [-0.3, -0.25) is 9.69 Å². The van der Waals surface area contributed by atoms with Crippen molar-refractivity contribution in [2.45, 2.75) is 25.8 Å². The van der Waals surface area contributed by atoms with Gasteiger partial charge < -0.3 is 5.11 Å². The molecule has 0 fully saturated rings. The Morgan fingerprint density at radius 2 is 2.00 bits per heavy atom. The fraction of sp³-hybridized carbons (Fsp3) is 0.286. The molecule has 0 spiro atoms. The van der Waals surface area contributed by atoms with Gasteiger partial charge in [0.1, 0.15) is 11.6 Å². The van der Waals surface area contributed by atoms with Gasteiger partial charge in [-0.05, 0) is 41.7 Å². The van der Waals surface area contributed by atoms with Crippen LogP contribution in [0.5, 0.6) is 0 Å². The number of hydrogen-bond acceptors (Lipinski definition) is 2. The molecule has 1 aliphatic rings. The molecule has 1 heterocycles. The molecule has 0 radical (unpaired) electrons. The van der Waals surface area contributed by atoms with Crippen molar-refractivity contribution < 1.29 is 18.7 Å². The van der Waals surface area contributed by atoms with E-state index in [0.717, 1.165) is 31.1 Å². The molecule has 0 aliphatic carbocycles. The Kier molecular flexibility index (Phi) is 5.78. The summed E-state index contributed by atoms with van der Waals surface area (Å²) in [6.07, 6.45) is 5.19. The topological polar surface area (TPSA) is 40.5 Å². The zero-order chi connectivity index (χ0) is 18.5. The van der Waals surface area contributed by atoms with Gasteiger partial charge in [0.2, 0.25) is 0 Å². The van der Waals surface area contributed by atoms with Crippen LogP contribution in [0, 0.1) is 11.6 Å². The van der Waals surface area contributed by atoms with E-state index < -0.39 is 17.6 Å². The largest absolute Gasteiger partial charge is 0.481 e. The molecule has 1 N–H and O–H groups in total. The van der Waals surface area contributed by atoms with E-state index in [-0.39, 0.29) is 6.42 Å². The Morgan fingerprint density at radius 1 is 1.15 bits per heavy atom. The van der Waals surface area contributed by atoms with E-state index in [1.165, 1.54) is 23.3 Å². The summed E-state index contributed by atoms with van der Waals surface area (Å²) in [5, 5.41) is 8.79. The third-order valence-electron chi connectivity index (χ3n) is 4.61. The lowest BCUT2D eigenvalue weighted by molar-refractivity contribution is -0.136. The van der Waals surface area contributed by atoms with Crippen LogP contribution >= 0.6 is 0 Å². The van der Waals surface area contributed by atoms with Crippen LogP contribution in [0.2, 0.25) is 0 Å². The van der Waals surface area contributed by atoms with Gasteiger partial charge in [0.25, 0.3) is 0 Å². The van der Waals surface area contributed by atoms with E-state index in [0.29, 0.717) is 18.5 Å². The highest BCUT2D eigenvalue weighted by Crippen LogP contribution is 2.21. The second-order valence-electron chi connectivity index (χ2n) is 6.55. The summed E-state index contributed by atoms with van der Waals surface area (Å²) in [5.74, 6) is -1.91. The van der Waals surface area contributed by atoms with E-state index in [1.807, 2.05) is 12.1 Å². The number of halogens is 2. The third kappa shape index (κ3) is 4.76. The molecule has 0 saturated heterocycles. The Hall–Kier alpha value is -2.53. The average molecular weight is 357 g/mol. The Balaban J connectivity index is 1.58. The van der Waals surface area contributed by atoms with Crippen molar-refractivity contribution in [3.05, 3.63) is 76.4 Å². The lowest BCUT2D eigenvalue weighted by atomic mass is 9.96. The molecule has 0 aromatic heterocycles. The highest BCUT2D eigenvalue weighted by molar-refractivity contribution is 5.67. The molecule has 0 bridgehead atoms. The van der Waals surface area contributed by atoms with Crippen LogP contribution in [-0.4, -0.2) is 29.1 Å². The lowest BCUT2D eigenvalue weighted by Gasteiger charge is -2.28. The van der Waals surface area contributed by atoms with Crippen LogP contribution in [0.25, 0.3) is 6.08 Å². The number of fused-ring (bicyclic) bond motifs is 1. The smallest absolute Gasteiger partial charge is 0.303 e. The van der Waals surface area contributed by atoms with Crippen molar-refractivity contribution in [3.8, 4) is 0 Å². The molecule has 0 amide bonds. The minimum atomic E-state index is -0.779. The summed E-state index contributed by atoms with van der Waals surface area (Å²) >= 11 is 0. The van der Waals surface area contributed by atoms with Gasteiger partial charge in [-0.1, -0.05) is 30.4 Å². The second-order valence-corrected chi connectivity index (χ2v) is 6.55. The van der Waals surface area contributed by atoms with Crippen molar-refractivity contribution in [1.29, 1.82) is 0 Å². The molecule has 0 atom stereocenters. The zero-order valence-corrected chi connectivity index (χ0v) is 14.4. The molecule has 0 saturated carbocycles. The molecule has 3 rings (SSSR count). The van der Waals surface area contributed by atoms with Crippen LogP contribution < -0.4 is 0 Å². The number of aryl methyl sites for hydroxylation is 1. The standard InChI is InChI=1S/C21H21F2NO2/c22-19-7-6-16(20(23)13-19)2-1-10-24-11-9-17-12-15(4-8-21(25)26)3-5-18(17)14-24/h1-3,5-7,12-13H,4,8-11,14H2,(H,25,26)/b2-1+. The summed E-state index contributed by atoms with van der Waals surface area (Å²) in [5.41, 5.74) is 3.97. The first-order valence-corrected chi connectivity index (χ1v) is 8.67. The van der Waals surface area contributed by atoms with Crippen LogP contribution in [0.15, 0.2) is 42.5 Å². The normalized spacial score (nSPS) is 14.5. The van der Waals surface area contributed by atoms with E-state index in [1.54, 1.807) is 6.08 Å². The summed E-state index contributed by atoms with van der Waals surface area (Å²) < 4.78 is 26.5. The van der Waals surface area contributed by atoms with Gasteiger partial charge >= 0.3 is 5.97 Å². The first kappa shape index (κ1) is 18.3. The van der Waals surface area contributed by atoms with Crippen LogP contribution in [-0.2, 0) is 24.2 Å². The van der Waals surface area contributed by atoms with E-state index in [4.69, 9.17) is 5.11 Å². The first-order valence-electron chi connectivity index (χ1n) is 8.67. The van der Waals surface area contributed by atoms with Crippen LogP contribution in [0.1, 0.15) is 28.7 Å². The minimum Gasteiger partial charge on any atom is -0.481 e. The summed E-state index contributed by atoms with van der Waals surface area (Å²) in [6.45, 7) is 2.40. The number of benzene rings is 2.